The quantitative estimate of drug-likeness (QED) is 0.248. The van der Waals surface area contributed by atoms with Crippen molar-refractivity contribution >= 4 is 39.7 Å². The average molecular weight is 518 g/mol. The Hall–Kier alpha value is -3.00. The van der Waals surface area contributed by atoms with Crippen LogP contribution in [0.5, 0.6) is 5.75 Å². The number of benzene rings is 3. The van der Waals surface area contributed by atoms with Crippen LogP contribution in [0, 0.1) is 0 Å². The lowest BCUT2D eigenvalue weighted by Gasteiger charge is -2.25. The first-order valence-corrected chi connectivity index (χ1v) is 12.4. The fourth-order valence-electron chi connectivity index (χ4n) is 3.42. The molecule has 0 radical (unpaired) electrons. The highest BCUT2D eigenvalue weighted by Gasteiger charge is 2.26. The molecule has 0 saturated heterocycles. The molecule has 0 unspecified atom stereocenters. The highest BCUT2D eigenvalue weighted by molar-refractivity contribution is 7.92. The van der Waals surface area contributed by atoms with Gasteiger partial charge in [0.2, 0.25) is 0 Å². The number of imidazole rings is 1. The van der Waals surface area contributed by atoms with Crippen LogP contribution in [0.25, 0.3) is 0 Å². The average Bonchev–Trinajstić information content (AvgIpc) is 3.35. The largest absolute Gasteiger partial charge is 0.493 e. The third kappa shape index (κ3) is 6.32. The zero-order valence-corrected chi connectivity index (χ0v) is 20.7. The van der Waals surface area contributed by atoms with E-state index in [2.05, 4.69) is 4.98 Å². The van der Waals surface area contributed by atoms with Crippen LogP contribution in [-0.2, 0) is 23.1 Å². The van der Waals surface area contributed by atoms with E-state index in [9.17, 15) is 8.42 Å². The molecular weight excluding hydrogens is 493 g/mol. The Bertz CT molecular complexity index is 1270. The summed E-state index contributed by atoms with van der Waals surface area (Å²) >= 11 is 5.97. The SMILES string of the molecule is Cl.O=S(=O)(c1ccc(Cl)cc1)N(Cc1ccccc1OCCCn1ccnc1)c1ccccc1. The Morgan fingerprint density at radius 3 is 2.35 bits per heavy atom. The fraction of sp³-hybridized carbons (Fsp3) is 0.160. The molecule has 0 spiro atoms. The monoisotopic (exact) mass is 517 g/mol. The summed E-state index contributed by atoms with van der Waals surface area (Å²) in [6, 6.07) is 22.8. The van der Waals surface area contributed by atoms with Gasteiger partial charge >= 0.3 is 0 Å². The minimum atomic E-state index is -3.83. The van der Waals surface area contributed by atoms with Gasteiger partial charge in [-0.15, -0.1) is 12.4 Å². The van der Waals surface area contributed by atoms with Gasteiger partial charge in [0.15, 0.2) is 0 Å². The summed E-state index contributed by atoms with van der Waals surface area (Å²) in [6.07, 6.45) is 6.23. The van der Waals surface area contributed by atoms with E-state index < -0.39 is 10.0 Å². The van der Waals surface area contributed by atoms with Crippen molar-refractivity contribution in [1.82, 2.24) is 9.55 Å². The number of aromatic nitrogens is 2. The minimum Gasteiger partial charge on any atom is -0.493 e. The Morgan fingerprint density at radius 2 is 1.65 bits per heavy atom. The normalized spacial score (nSPS) is 11.0. The van der Waals surface area contributed by atoms with Gasteiger partial charge in [-0.2, -0.15) is 0 Å². The van der Waals surface area contributed by atoms with Crippen molar-refractivity contribution in [3.8, 4) is 5.75 Å². The summed E-state index contributed by atoms with van der Waals surface area (Å²) in [5, 5.41) is 0.481. The Morgan fingerprint density at radius 1 is 0.941 bits per heavy atom. The van der Waals surface area contributed by atoms with Gasteiger partial charge in [0, 0.05) is 29.5 Å². The van der Waals surface area contributed by atoms with Gasteiger partial charge in [0.25, 0.3) is 10.0 Å². The Kier molecular flexibility index (Phi) is 8.98. The molecular formula is C25H25Cl2N3O3S. The molecule has 0 fully saturated rings. The van der Waals surface area contributed by atoms with Crippen LogP contribution in [0.2, 0.25) is 5.02 Å². The lowest BCUT2D eigenvalue weighted by atomic mass is 10.2. The predicted octanol–water partition coefficient (Wildman–Crippen LogP) is 5.82. The van der Waals surface area contributed by atoms with Crippen LogP contribution in [0.1, 0.15) is 12.0 Å². The van der Waals surface area contributed by atoms with Crippen molar-refractivity contribution in [3.05, 3.63) is 108 Å². The van der Waals surface area contributed by atoms with Crippen molar-refractivity contribution < 1.29 is 13.2 Å². The summed E-state index contributed by atoms with van der Waals surface area (Å²) in [5.74, 6) is 0.662. The number of anilines is 1. The van der Waals surface area contributed by atoms with E-state index in [0.717, 1.165) is 18.5 Å². The zero-order chi connectivity index (χ0) is 23.1. The number of aryl methyl sites for hydroxylation is 1. The van der Waals surface area contributed by atoms with Gasteiger partial charge in [-0.3, -0.25) is 4.31 Å². The van der Waals surface area contributed by atoms with Gasteiger partial charge in [-0.25, -0.2) is 13.4 Å². The summed E-state index contributed by atoms with van der Waals surface area (Å²) in [7, 11) is -3.83. The van der Waals surface area contributed by atoms with E-state index in [0.29, 0.717) is 23.1 Å². The van der Waals surface area contributed by atoms with Crippen LogP contribution in [0.3, 0.4) is 0 Å². The molecule has 0 aliphatic heterocycles. The molecule has 0 atom stereocenters. The summed E-state index contributed by atoms with van der Waals surface area (Å²) in [4.78, 5) is 4.22. The number of para-hydroxylation sites is 2. The standard InChI is InChI=1S/C25H24ClN3O3S.ClH/c26-22-11-13-24(14-12-22)33(30,31)29(23-8-2-1-3-9-23)19-21-7-4-5-10-25(21)32-18-6-16-28-17-15-27-20-28;/h1-5,7-15,17,20H,6,16,18-19H2;1H. The molecule has 0 bridgehead atoms. The molecule has 4 aromatic rings. The molecule has 0 aliphatic carbocycles. The Balaban J connectivity index is 0.00000324. The molecule has 6 nitrogen and oxygen atoms in total. The van der Waals surface area contributed by atoms with Crippen molar-refractivity contribution in [1.29, 1.82) is 0 Å². The van der Waals surface area contributed by atoms with Gasteiger partial charge in [-0.1, -0.05) is 48.0 Å². The van der Waals surface area contributed by atoms with Crippen LogP contribution in [0.4, 0.5) is 5.69 Å². The fourth-order valence-corrected chi connectivity index (χ4v) is 4.99. The second-order valence-corrected chi connectivity index (χ2v) is 9.71. The molecule has 0 aliphatic rings. The minimum absolute atomic E-state index is 0. The number of rotatable bonds is 10. The smallest absolute Gasteiger partial charge is 0.264 e. The second-order valence-electron chi connectivity index (χ2n) is 7.41. The number of hydrogen-bond donors (Lipinski definition) is 0. The highest BCUT2D eigenvalue weighted by Crippen LogP contribution is 2.29. The lowest BCUT2D eigenvalue weighted by Crippen LogP contribution is -2.30. The molecule has 1 aromatic heterocycles. The maximum Gasteiger partial charge on any atom is 0.264 e. The van der Waals surface area contributed by atoms with Crippen molar-refractivity contribution in [3.63, 3.8) is 0 Å². The number of nitrogens with zero attached hydrogens (tertiary/aromatic N) is 3. The molecule has 178 valence electrons. The highest BCUT2D eigenvalue weighted by atomic mass is 35.5. The van der Waals surface area contributed by atoms with Gasteiger partial charge in [0.05, 0.1) is 30.1 Å². The van der Waals surface area contributed by atoms with E-state index in [1.807, 2.05) is 53.2 Å². The molecule has 1 heterocycles. The molecule has 9 heteroatoms. The number of halogens is 2. The van der Waals surface area contributed by atoms with Crippen molar-refractivity contribution in [2.24, 2.45) is 0 Å². The van der Waals surface area contributed by atoms with Gasteiger partial charge in [0.1, 0.15) is 5.75 Å². The first-order valence-electron chi connectivity index (χ1n) is 10.5. The number of sulfonamides is 1. The van der Waals surface area contributed by atoms with Gasteiger partial charge < -0.3 is 9.30 Å². The van der Waals surface area contributed by atoms with E-state index in [1.165, 1.54) is 16.4 Å². The summed E-state index contributed by atoms with van der Waals surface area (Å²) in [5.41, 5.74) is 1.35. The topological polar surface area (TPSA) is 64.4 Å². The molecule has 4 rings (SSSR count). The number of ether oxygens (including phenoxy) is 1. The van der Waals surface area contributed by atoms with Crippen molar-refractivity contribution in [2.75, 3.05) is 10.9 Å². The van der Waals surface area contributed by atoms with E-state index in [1.54, 1.807) is 36.8 Å². The first-order chi connectivity index (χ1) is 16.0. The zero-order valence-electron chi connectivity index (χ0n) is 18.3. The van der Waals surface area contributed by atoms with Crippen LogP contribution in [-0.4, -0.2) is 24.6 Å². The van der Waals surface area contributed by atoms with E-state index >= 15 is 0 Å². The van der Waals surface area contributed by atoms with Crippen molar-refractivity contribution in [2.45, 2.75) is 24.4 Å². The molecule has 0 amide bonds. The molecule has 0 N–H and O–H groups in total. The third-order valence-corrected chi connectivity index (χ3v) is 7.15. The summed E-state index contributed by atoms with van der Waals surface area (Å²) < 4.78 is 36.6. The van der Waals surface area contributed by atoms with Crippen LogP contribution < -0.4 is 9.04 Å². The second kappa shape index (κ2) is 11.9. The maximum absolute atomic E-state index is 13.6. The van der Waals surface area contributed by atoms with E-state index in [4.69, 9.17) is 16.3 Å². The van der Waals surface area contributed by atoms with Crippen LogP contribution in [0.15, 0.2) is 102 Å². The maximum atomic E-state index is 13.6. The predicted molar refractivity (Wildman–Crippen MR) is 137 cm³/mol. The molecule has 34 heavy (non-hydrogen) atoms. The first kappa shape index (κ1) is 25.6. The molecule has 0 saturated carbocycles. The third-order valence-electron chi connectivity index (χ3n) is 5.11. The number of hydrogen-bond acceptors (Lipinski definition) is 4. The van der Waals surface area contributed by atoms with E-state index in [-0.39, 0.29) is 23.8 Å². The Labute approximate surface area is 211 Å². The summed E-state index contributed by atoms with van der Waals surface area (Å²) in [6.45, 7) is 1.43. The van der Waals surface area contributed by atoms with Gasteiger partial charge in [-0.05, 0) is 48.9 Å². The molecule has 3 aromatic carbocycles. The van der Waals surface area contributed by atoms with Crippen LogP contribution >= 0.6 is 24.0 Å². The lowest BCUT2D eigenvalue weighted by molar-refractivity contribution is 0.299.